The van der Waals surface area contributed by atoms with Crippen molar-refractivity contribution in [3.63, 3.8) is 0 Å². The van der Waals surface area contributed by atoms with Gasteiger partial charge in [0.25, 0.3) is 0 Å². The van der Waals surface area contributed by atoms with E-state index in [1.807, 2.05) is 0 Å². The Morgan fingerprint density at radius 2 is 2.27 bits per heavy atom. The lowest BCUT2D eigenvalue weighted by atomic mass is 10.2. The van der Waals surface area contributed by atoms with Crippen LogP contribution in [0.25, 0.3) is 0 Å². The maximum Gasteiger partial charge on any atom is 0.411 e. The molecule has 0 atom stereocenters. The Morgan fingerprint density at radius 1 is 1.60 bits per heavy atom. The molecule has 1 rings (SSSR count). The number of methoxy groups -OCH3 is 1. The predicted molar refractivity (Wildman–Crippen MR) is 58.3 cm³/mol. The minimum Gasteiger partial charge on any atom is -0.453 e. The van der Waals surface area contributed by atoms with Crippen LogP contribution >= 0.6 is 12.2 Å². The van der Waals surface area contributed by atoms with Crippen LogP contribution in [0.15, 0.2) is 18.2 Å². The molecular weight excluding hydrogens is 219 g/mol. The quantitative estimate of drug-likeness (QED) is 0.755. The molecule has 1 amide bonds. The van der Waals surface area contributed by atoms with E-state index in [1.54, 1.807) is 0 Å². The molecule has 0 saturated heterocycles. The fourth-order valence-corrected chi connectivity index (χ4v) is 1.12. The Bertz CT molecular complexity index is 409. The molecule has 4 nitrogen and oxygen atoms in total. The van der Waals surface area contributed by atoms with E-state index < -0.39 is 11.9 Å². The highest BCUT2D eigenvalue weighted by Gasteiger charge is 2.07. The van der Waals surface area contributed by atoms with Gasteiger partial charge in [-0.1, -0.05) is 12.2 Å². The van der Waals surface area contributed by atoms with E-state index in [-0.39, 0.29) is 10.6 Å². The minimum absolute atomic E-state index is 0.0685. The van der Waals surface area contributed by atoms with E-state index in [0.29, 0.717) is 5.69 Å². The van der Waals surface area contributed by atoms with Crippen LogP contribution in [0, 0.1) is 5.82 Å². The largest absolute Gasteiger partial charge is 0.453 e. The normalized spacial score (nSPS) is 9.47. The minimum atomic E-state index is -0.643. The zero-order valence-electron chi connectivity index (χ0n) is 7.91. The van der Waals surface area contributed by atoms with Gasteiger partial charge in [-0.2, -0.15) is 0 Å². The summed E-state index contributed by atoms with van der Waals surface area (Å²) in [6.45, 7) is 0. The molecule has 0 aliphatic heterocycles. The van der Waals surface area contributed by atoms with Gasteiger partial charge in [-0.05, 0) is 18.2 Å². The molecule has 0 aromatic heterocycles. The van der Waals surface area contributed by atoms with Crippen molar-refractivity contribution in [1.29, 1.82) is 0 Å². The number of carbonyl (C=O) groups is 1. The number of thiocarbonyl (C=S) groups is 1. The third kappa shape index (κ3) is 2.88. The summed E-state index contributed by atoms with van der Waals surface area (Å²) in [5.41, 5.74) is 5.74. The number of ether oxygens (including phenoxy) is 1. The van der Waals surface area contributed by atoms with Gasteiger partial charge >= 0.3 is 6.09 Å². The molecular formula is C9H9FN2O2S. The molecule has 0 aliphatic carbocycles. The molecule has 0 heterocycles. The van der Waals surface area contributed by atoms with E-state index in [2.05, 4.69) is 22.3 Å². The van der Waals surface area contributed by atoms with Gasteiger partial charge in [-0.25, -0.2) is 9.18 Å². The molecule has 0 unspecified atom stereocenters. The fraction of sp³-hybridized carbons (Fsp3) is 0.111. The second-order valence-corrected chi connectivity index (χ2v) is 3.12. The average Bonchev–Trinajstić information content (AvgIpc) is 2.20. The van der Waals surface area contributed by atoms with Gasteiger partial charge in [0.15, 0.2) is 0 Å². The van der Waals surface area contributed by atoms with Crippen LogP contribution in [-0.4, -0.2) is 18.2 Å². The molecule has 1 aromatic rings. The molecule has 3 N–H and O–H groups in total. The maximum absolute atomic E-state index is 13.1. The lowest BCUT2D eigenvalue weighted by Gasteiger charge is -2.06. The van der Waals surface area contributed by atoms with Gasteiger partial charge in [0, 0.05) is 11.3 Å². The van der Waals surface area contributed by atoms with Crippen molar-refractivity contribution < 1.29 is 13.9 Å². The van der Waals surface area contributed by atoms with E-state index in [0.717, 1.165) is 0 Å². The van der Waals surface area contributed by atoms with E-state index in [9.17, 15) is 9.18 Å². The zero-order chi connectivity index (χ0) is 11.4. The maximum atomic E-state index is 13.1. The highest BCUT2D eigenvalue weighted by Crippen LogP contribution is 2.14. The van der Waals surface area contributed by atoms with E-state index in [1.165, 1.54) is 25.3 Å². The topological polar surface area (TPSA) is 64.3 Å². The Hall–Kier alpha value is -1.69. The molecule has 0 bridgehead atoms. The number of hydrogen-bond donors (Lipinski definition) is 2. The highest BCUT2D eigenvalue weighted by molar-refractivity contribution is 7.80. The van der Waals surface area contributed by atoms with Crippen LogP contribution < -0.4 is 11.1 Å². The molecule has 1 aromatic carbocycles. The van der Waals surface area contributed by atoms with Crippen LogP contribution in [0.1, 0.15) is 5.56 Å². The first kappa shape index (κ1) is 11.4. The lowest BCUT2D eigenvalue weighted by Crippen LogP contribution is -2.14. The van der Waals surface area contributed by atoms with Gasteiger partial charge < -0.3 is 10.5 Å². The van der Waals surface area contributed by atoms with E-state index >= 15 is 0 Å². The summed E-state index contributed by atoms with van der Waals surface area (Å²) in [6.07, 6.45) is -0.643. The fourth-order valence-electron chi connectivity index (χ4n) is 0.961. The number of benzene rings is 1. The van der Waals surface area contributed by atoms with Crippen molar-refractivity contribution in [2.24, 2.45) is 5.73 Å². The number of nitrogens with two attached hydrogens (primary N) is 1. The van der Waals surface area contributed by atoms with Crippen molar-refractivity contribution in [3.8, 4) is 0 Å². The Morgan fingerprint density at radius 3 is 2.80 bits per heavy atom. The molecule has 15 heavy (non-hydrogen) atoms. The molecule has 0 saturated carbocycles. The number of hydrogen-bond acceptors (Lipinski definition) is 3. The van der Waals surface area contributed by atoms with Crippen LogP contribution in [0.4, 0.5) is 14.9 Å². The van der Waals surface area contributed by atoms with Gasteiger partial charge in [-0.3, -0.25) is 5.32 Å². The summed E-state index contributed by atoms with van der Waals surface area (Å²) in [4.78, 5) is 10.8. The summed E-state index contributed by atoms with van der Waals surface area (Å²) in [5.74, 6) is -0.530. The average molecular weight is 228 g/mol. The number of anilines is 1. The first-order chi connectivity index (χ1) is 7.04. The molecule has 0 radical (unpaired) electrons. The van der Waals surface area contributed by atoms with Gasteiger partial charge in [0.2, 0.25) is 0 Å². The third-order valence-electron chi connectivity index (χ3n) is 1.66. The lowest BCUT2D eigenvalue weighted by molar-refractivity contribution is 0.187. The number of carbonyl (C=O) groups excluding carboxylic acids is 1. The number of rotatable bonds is 2. The monoisotopic (exact) mass is 228 g/mol. The smallest absolute Gasteiger partial charge is 0.411 e. The van der Waals surface area contributed by atoms with Gasteiger partial charge in [-0.15, -0.1) is 0 Å². The van der Waals surface area contributed by atoms with Crippen LogP contribution in [-0.2, 0) is 4.74 Å². The molecule has 80 valence electrons. The first-order valence-electron chi connectivity index (χ1n) is 3.99. The van der Waals surface area contributed by atoms with Crippen LogP contribution in [0.2, 0.25) is 0 Å². The third-order valence-corrected chi connectivity index (χ3v) is 1.88. The number of amides is 1. The highest BCUT2D eigenvalue weighted by atomic mass is 32.1. The van der Waals surface area contributed by atoms with Crippen molar-refractivity contribution in [3.05, 3.63) is 29.6 Å². The van der Waals surface area contributed by atoms with Crippen molar-refractivity contribution in [1.82, 2.24) is 0 Å². The van der Waals surface area contributed by atoms with E-state index in [4.69, 9.17) is 5.73 Å². The van der Waals surface area contributed by atoms with Crippen molar-refractivity contribution >= 4 is 29.0 Å². The SMILES string of the molecule is COC(=O)Nc1ccc(F)c(C(N)=S)c1. The number of halogens is 1. The van der Waals surface area contributed by atoms with Crippen LogP contribution in [0.5, 0.6) is 0 Å². The Kier molecular flexibility index (Phi) is 3.56. The molecule has 0 fully saturated rings. The Balaban J connectivity index is 2.97. The second-order valence-electron chi connectivity index (χ2n) is 2.68. The van der Waals surface area contributed by atoms with Gasteiger partial charge in [0.05, 0.1) is 7.11 Å². The first-order valence-corrected chi connectivity index (χ1v) is 4.39. The van der Waals surface area contributed by atoms with Crippen molar-refractivity contribution in [2.45, 2.75) is 0 Å². The summed E-state index contributed by atoms with van der Waals surface area (Å²) in [6, 6.07) is 3.89. The molecule has 0 aliphatic rings. The summed E-state index contributed by atoms with van der Waals surface area (Å²) < 4.78 is 17.5. The zero-order valence-corrected chi connectivity index (χ0v) is 8.73. The molecule has 0 spiro atoms. The predicted octanol–water partition coefficient (Wildman–Crippen LogP) is 1.64. The number of nitrogens with one attached hydrogen (secondary N) is 1. The van der Waals surface area contributed by atoms with Gasteiger partial charge in [0.1, 0.15) is 10.8 Å². The molecule has 6 heteroatoms. The summed E-state index contributed by atoms with van der Waals surface area (Å²) in [7, 11) is 1.23. The van der Waals surface area contributed by atoms with Crippen molar-refractivity contribution in [2.75, 3.05) is 12.4 Å². The summed E-state index contributed by atoms with van der Waals surface area (Å²) >= 11 is 4.64. The summed E-state index contributed by atoms with van der Waals surface area (Å²) in [5, 5.41) is 2.37. The van der Waals surface area contributed by atoms with Crippen LogP contribution in [0.3, 0.4) is 0 Å². The standard InChI is InChI=1S/C9H9FN2O2S/c1-14-9(13)12-5-2-3-7(10)6(4-5)8(11)15/h2-4H,1H3,(H2,11,15)(H,12,13). The Labute approximate surface area is 91.2 Å². The second kappa shape index (κ2) is 4.70.